The van der Waals surface area contributed by atoms with E-state index in [1.165, 1.54) is 5.56 Å². The first-order valence-electron chi connectivity index (χ1n) is 6.05. The van der Waals surface area contributed by atoms with E-state index in [1.807, 2.05) is 44.2 Å². The molecule has 0 spiro atoms. The Morgan fingerprint density at radius 3 is 2.47 bits per heavy atom. The van der Waals surface area contributed by atoms with Gasteiger partial charge in [-0.1, -0.05) is 32.9 Å². The van der Waals surface area contributed by atoms with E-state index in [-0.39, 0.29) is 0 Å². The zero-order valence-electron chi connectivity index (χ0n) is 10.7. The van der Waals surface area contributed by atoms with E-state index in [2.05, 4.69) is 18.0 Å². The van der Waals surface area contributed by atoms with Crippen LogP contribution in [-0.4, -0.2) is 4.98 Å². The number of ether oxygens (including phenoxy) is 1. The van der Waals surface area contributed by atoms with Gasteiger partial charge in [0, 0.05) is 6.20 Å². The standard InChI is InChI=1S/C13H13NO.C2H6/c1-2-11-5-3-6-12(9-11)15-13-7-4-8-14-10-13;1-2/h3-10H,2H2,1H3;1-2H3. The van der Waals surface area contributed by atoms with Crippen molar-refractivity contribution in [3.05, 3.63) is 54.4 Å². The molecule has 0 radical (unpaired) electrons. The van der Waals surface area contributed by atoms with E-state index in [9.17, 15) is 0 Å². The van der Waals surface area contributed by atoms with Gasteiger partial charge >= 0.3 is 0 Å². The maximum Gasteiger partial charge on any atom is 0.145 e. The van der Waals surface area contributed by atoms with Crippen LogP contribution in [-0.2, 0) is 6.42 Å². The van der Waals surface area contributed by atoms with Crippen LogP contribution in [0, 0.1) is 0 Å². The third kappa shape index (κ3) is 4.27. The SMILES string of the molecule is CC.CCc1cccc(Oc2cccnc2)c1. The van der Waals surface area contributed by atoms with E-state index in [0.717, 1.165) is 17.9 Å². The van der Waals surface area contributed by atoms with E-state index in [0.29, 0.717) is 0 Å². The Morgan fingerprint density at radius 2 is 1.82 bits per heavy atom. The normalized spacial score (nSPS) is 9.12. The summed E-state index contributed by atoms with van der Waals surface area (Å²) >= 11 is 0. The largest absolute Gasteiger partial charge is 0.456 e. The molecule has 0 unspecified atom stereocenters. The molecular formula is C15H19NO. The summed E-state index contributed by atoms with van der Waals surface area (Å²) in [7, 11) is 0. The first kappa shape index (κ1) is 13.2. The minimum absolute atomic E-state index is 0.769. The van der Waals surface area contributed by atoms with Crippen LogP contribution in [0.15, 0.2) is 48.8 Å². The van der Waals surface area contributed by atoms with Crippen LogP contribution in [0.1, 0.15) is 26.3 Å². The molecule has 17 heavy (non-hydrogen) atoms. The molecule has 0 N–H and O–H groups in total. The van der Waals surface area contributed by atoms with Gasteiger partial charge in [-0.3, -0.25) is 4.98 Å². The van der Waals surface area contributed by atoms with Crippen molar-refractivity contribution < 1.29 is 4.74 Å². The molecule has 0 bridgehead atoms. The number of hydrogen-bond donors (Lipinski definition) is 0. The Bertz CT molecular complexity index is 426. The summed E-state index contributed by atoms with van der Waals surface area (Å²) in [5, 5.41) is 0. The summed E-state index contributed by atoms with van der Waals surface area (Å²) in [5.41, 5.74) is 1.27. The van der Waals surface area contributed by atoms with E-state index < -0.39 is 0 Å². The van der Waals surface area contributed by atoms with Gasteiger partial charge in [-0.2, -0.15) is 0 Å². The van der Waals surface area contributed by atoms with E-state index in [1.54, 1.807) is 12.4 Å². The number of aryl methyl sites for hydroxylation is 1. The molecule has 0 saturated carbocycles. The molecule has 0 atom stereocenters. The average molecular weight is 229 g/mol. The van der Waals surface area contributed by atoms with Crippen LogP contribution in [0.5, 0.6) is 11.5 Å². The summed E-state index contributed by atoms with van der Waals surface area (Å²) in [6.45, 7) is 6.13. The van der Waals surface area contributed by atoms with Crippen LogP contribution < -0.4 is 4.74 Å². The Kier molecular flexibility index (Phi) is 5.80. The number of benzene rings is 1. The van der Waals surface area contributed by atoms with Crippen molar-refractivity contribution in [3.8, 4) is 11.5 Å². The van der Waals surface area contributed by atoms with Crippen molar-refractivity contribution >= 4 is 0 Å². The Morgan fingerprint density at radius 1 is 1.06 bits per heavy atom. The van der Waals surface area contributed by atoms with Gasteiger partial charge in [-0.15, -0.1) is 0 Å². The fourth-order valence-corrected chi connectivity index (χ4v) is 1.37. The highest BCUT2D eigenvalue weighted by Gasteiger charge is 1.97. The zero-order chi connectivity index (χ0) is 12.5. The number of aromatic nitrogens is 1. The molecule has 0 saturated heterocycles. The Balaban J connectivity index is 0.000000686. The van der Waals surface area contributed by atoms with E-state index >= 15 is 0 Å². The molecule has 0 fully saturated rings. The lowest BCUT2D eigenvalue weighted by Crippen LogP contribution is -1.86. The highest BCUT2D eigenvalue weighted by molar-refractivity contribution is 5.32. The van der Waals surface area contributed by atoms with Crippen LogP contribution >= 0.6 is 0 Å². The lowest BCUT2D eigenvalue weighted by atomic mass is 10.2. The molecule has 0 aliphatic rings. The van der Waals surface area contributed by atoms with Gasteiger partial charge in [0.1, 0.15) is 11.5 Å². The molecular weight excluding hydrogens is 210 g/mol. The van der Waals surface area contributed by atoms with Crippen molar-refractivity contribution in [1.82, 2.24) is 4.98 Å². The van der Waals surface area contributed by atoms with Gasteiger partial charge in [-0.05, 0) is 36.2 Å². The molecule has 2 rings (SSSR count). The van der Waals surface area contributed by atoms with Crippen molar-refractivity contribution in [3.63, 3.8) is 0 Å². The topological polar surface area (TPSA) is 22.1 Å². The summed E-state index contributed by atoms with van der Waals surface area (Å²) in [4.78, 5) is 4.00. The third-order valence-electron chi connectivity index (χ3n) is 2.18. The van der Waals surface area contributed by atoms with Gasteiger partial charge in [0.05, 0.1) is 6.20 Å². The van der Waals surface area contributed by atoms with Crippen molar-refractivity contribution in [2.75, 3.05) is 0 Å². The number of rotatable bonds is 3. The summed E-state index contributed by atoms with van der Waals surface area (Å²) in [6, 6.07) is 11.9. The Hall–Kier alpha value is -1.83. The fraction of sp³-hybridized carbons (Fsp3) is 0.267. The maximum atomic E-state index is 5.66. The van der Waals surface area contributed by atoms with Crippen LogP contribution in [0.2, 0.25) is 0 Å². The lowest BCUT2D eigenvalue weighted by Gasteiger charge is -2.05. The number of pyridine rings is 1. The third-order valence-corrected chi connectivity index (χ3v) is 2.18. The Labute approximate surface area is 103 Å². The first-order chi connectivity index (χ1) is 8.38. The molecule has 90 valence electrons. The van der Waals surface area contributed by atoms with Crippen molar-refractivity contribution in [2.24, 2.45) is 0 Å². The van der Waals surface area contributed by atoms with Crippen LogP contribution in [0.3, 0.4) is 0 Å². The molecule has 2 heteroatoms. The maximum absolute atomic E-state index is 5.66. The quantitative estimate of drug-likeness (QED) is 0.775. The molecule has 0 aliphatic heterocycles. The van der Waals surface area contributed by atoms with Gasteiger partial charge in [0.2, 0.25) is 0 Å². The number of nitrogens with zero attached hydrogens (tertiary/aromatic N) is 1. The zero-order valence-corrected chi connectivity index (χ0v) is 10.7. The second-order valence-electron chi connectivity index (χ2n) is 3.29. The van der Waals surface area contributed by atoms with Gasteiger partial charge in [0.25, 0.3) is 0 Å². The molecule has 2 nitrogen and oxygen atoms in total. The summed E-state index contributed by atoms with van der Waals surface area (Å²) in [6.07, 6.45) is 4.46. The summed E-state index contributed by atoms with van der Waals surface area (Å²) < 4.78 is 5.66. The highest BCUT2D eigenvalue weighted by Crippen LogP contribution is 2.21. The number of hydrogen-bond acceptors (Lipinski definition) is 2. The molecule has 1 aromatic carbocycles. The first-order valence-corrected chi connectivity index (χ1v) is 6.05. The van der Waals surface area contributed by atoms with Crippen LogP contribution in [0.4, 0.5) is 0 Å². The van der Waals surface area contributed by atoms with Crippen molar-refractivity contribution in [1.29, 1.82) is 0 Å². The molecule has 1 aromatic heterocycles. The minimum Gasteiger partial charge on any atom is -0.456 e. The second-order valence-corrected chi connectivity index (χ2v) is 3.29. The average Bonchev–Trinajstić information content (AvgIpc) is 2.42. The van der Waals surface area contributed by atoms with E-state index in [4.69, 9.17) is 4.74 Å². The van der Waals surface area contributed by atoms with Gasteiger partial charge in [0.15, 0.2) is 0 Å². The van der Waals surface area contributed by atoms with Crippen molar-refractivity contribution in [2.45, 2.75) is 27.2 Å². The predicted octanol–water partition coefficient (Wildman–Crippen LogP) is 4.46. The summed E-state index contributed by atoms with van der Waals surface area (Å²) in [5.74, 6) is 1.63. The lowest BCUT2D eigenvalue weighted by molar-refractivity contribution is 0.479. The van der Waals surface area contributed by atoms with Crippen LogP contribution in [0.25, 0.3) is 0 Å². The minimum atomic E-state index is 0.769. The molecule has 0 amide bonds. The monoisotopic (exact) mass is 229 g/mol. The second kappa shape index (κ2) is 7.44. The predicted molar refractivity (Wildman–Crippen MR) is 71.5 cm³/mol. The molecule has 2 aromatic rings. The molecule has 0 aliphatic carbocycles. The molecule has 1 heterocycles. The fourth-order valence-electron chi connectivity index (χ4n) is 1.37. The smallest absolute Gasteiger partial charge is 0.145 e. The van der Waals surface area contributed by atoms with Gasteiger partial charge in [-0.25, -0.2) is 0 Å². The highest BCUT2D eigenvalue weighted by atomic mass is 16.5. The van der Waals surface area contributed by atoms with Gasteiger partial charge < -0.3 is 4.74 Å².